The summed E-state index contributed by atoms with van der Waals surface area (Å²) in [5, 5.41) is 12.3. The van der Waals surface area contributed by atoms with Gasteiger partial charge in [0.15, 0.2) is 0 Å². The Labute approximate surface area is 73.3 Å². The second kappa shape index (κ2) is 3.42. The fourth-order valence-corrected chi connectivity index (χ4v) is 2.25. The Morgan fingerprint density at radius 3 is 2.92 bits per heavy atom. The van der Waals surface area contributed by atoms with E-state index in [-0.39, 0.29) is 6.04 Å². The minimum absolute atomic E-state index is 0.181. The zero-order chi connectivity index (χ0) is 8.39. The molecule has 2 aliphatic rings. The molecule has 0 aromatic heterocycles. The Morgan fingerprint density at radius 1 is 1.33 bits per heavy atom. The predicted molar refractivity (Wildman–Crippen MR) is 46.4 cm³/mol. The fraction of sp³-hybridized carbons (Fsp3) is 0.889. The van der Waals surface area contributed by atoms with Gasteiger partial charge >= 0.3 is 0 Å². The van der Waals surface area contributed by atoms with Crippen molar-refractivity contribution in [1.82, 2.24) is 10.2 Å². The molecule has 66 valence electrons. The highest BCUT2D eigenvalue weighted by molar-refractivity contribution is 4.98. The first kappa shape index (κ1) is 8.03. The van der Waals surface area contributed by atoms with Gasteiger partial charge in [0.05, 0.1) is 18.3 Å². The molecule has 2 rings (SSSR count). The van der Waals surface area contributed by atoms with Crippen molar-refractivity contribution in [3.05, 3.63) is 0 Å². The molecule has 2 aliphatic heterocycles. The number of likely N-dealkylation sites (tertiary alicyclic amines) is 1. The van der Waals surface area contributed by atoms with E-state index in [1.165, 1.54) is 19.3 Å². The average Bonchev–Trinajstić information content (AvgIpc) is 2.74. The van der Waals surface area contributed by atoms with Crippen molar-refractivity contribution in [3.63, 3.8) is 0 Å². The third-order valence-corrected chi connectivity index (χ3v) is 2.88. The van der Waals surface area contributed by atoms with E-state index in [1.807, 2.05) is 0 Å². The number of nitrogens with zero attached hydrogens (tertiary/aromatic N) is 2. The lowest BCUT2D eigenvalue weighted by Crippen LogP contribution is -2.44. The number of nitrogens with one attached hydrogen (secondary N) is 1. The molecule has 0 radical (unpaired) electrons. The quantitative estimate of drug-likeness (QED) is 0.621. The van der Waals surface area contributed by atoms with Crippen LogP contribution in [0.15, 0.2) is 0 Å². The van der Waals surface area contributed by atoms with Gasteiger partial charge in [0.2, 0.25) is 0 Å². The van der Waals surface area contributed by atoms with Crippen LogP contribution >= 0.6 is 0 Å². The van der Waals surface area contributed by atoms with Crippen molar-refractivity contribution in [2.45, 2.75) is 37.9 Å². The van der Waals surface area contributed by atoms with E-state index in [0.717, 1.165) is 19.5 Å². The highest BCUT2D eigenvalue weighted by Gasteiger charge is 2.31. The smallest absolute Gasteiger partial charge is 0.0990 e. The van der Waals surface area contributed by atoms with Crippen LogP contribution in [0, 0.1) is 11.3 Å². The minimum Gasteiger partial charge on any atom is -0.302 e. The lowest BCUT2D eigenvalue weighted by atomic mass is 10.2. The molecular weight excluding hydrogens is 150 g/mol. The van der Waals surface area contributed by atoms with Crippen molar-refractivity contribution in [3.8, 4) is 6.07 Å². The van der Waals surface area contributed by atoms with Crippen LogP contribution in [0.25, 0.3) is 0 Å². The molecule has 1 N–H and O–H groups in total. The van der Waals surface area contributed by atoms with Crippen LogP contribution in [-0.2, 0) is 0 Å². The van der Waals surface area contributed by atoms with E-state index in [0.29, 0.717) is 6.17 Å². The molecule has 0 amide bonds. The normalized spacial score (nSPS) is 36.9. The number of rotatable bonds is 1. The first-order valence-corrected chi connectivity index (χ1v) is 4.80. The standard InChI is InChI=1S/C9H15N3/c10-7-8-3-2-6-12(8)9-4-1-5-11-9/h8-9,11H,1-6H2/t8-,9?/m0/s1. The van der Waals surface area contributed by atoms with Crippen molar-refractivity contribution in [2.24, 2.45) is 0 Å². The van der Waals surface area contributed by atoms with Crippen LogP contribution in [0.5, 0.6) is 0 Å². The summed E-state index contributed by atoms with van der Waals surface area (Å²) < 4.78 is 0. The third-order valence-electron chi connectivity index (χ3n) is 2.88. The zero-order valence-corrected chi connectivity index (χ0v) is 7.29. The summed E-state index contributed by atoms with van der Waals surface area (Å²) in [7, 11) is 0. The SMILES string of the molecule is N#C[C@@H]1CCCN1C1CCCN1. The summed E-state index contributed by atoms with van der Waals surface area (Å²) in [6.45, 7) is 2.23. The molecule has 3 nitrogen and oxygen atoms in total. The zero-order valence-electron chi connectivity index (χ0n) is 7.29. The molecule has 2 saturated heterocycles. The van der Waals surface area contributed by atoms with Crippen LogP contribution in [0.3, 0.4) is 0 Å². The van der Waals surface area contributed by atoms with Gasteiger partial charge in [-0.1, -0.05) is 0 Å². The summed E-state index contributed by atoms with van der Waals surface area (Å²) in [5.74, 6) is 0. The van der Waals surface area contributed by atoms with Crippen molar-refractivity contribution in [1.29, 1.82) is 5.26 Å². The second-order valence-electron chi connectivity index (χ2n) is 3.64. The fourth-order valence-electron chi connectivity index (χ4n) is 2.25. The topological polar surface area (TPSA) is 39.1 Å². The molecule has 0 aromatic carbocycles. The maximum absolute atomic E-state index is 8.88. The molecule has 0 aliphatic carbocycles. The molecule has 2 atom stereocenters. The van der Waals surface area contributed by atoms with E-state index in [9.17, 15) is 0 Å². The Morgan fingerprint density at radius 2 is 2.25 bits per heavy atom. The van der Waals surface area contributed by atoms with Gasteiger partial charge in [0.25, 0.3) is 0 Å². The third kappa shape index (κ3) is 1.33. The van der Waals surface area contributed by atoms with Crippen molar-refractivity contribution < 1.29 is 0 Å². The molecular formula is C9H15N3. The summed E-state index contributed by atoms with van der Waals surface area (Å²) >= 11 is 0. The molecule has 2 fully saturated rings. The summed E-state index contributed by atoms with van der Waals surface area (Å²) in [4.78, 5) is 2.33. The van der Waals surface area contributed by atoms with Crippen LogP contribution in [0.1, 0.15) is 25.7 Å². The molecule has 0 spiro atoms. The van der Waals surface area contributed by atoms with E-state index < -0.39 is 0 Å². The molecule has 1 unspecified atom stereocenters. The first-order valence-electron chi connectivity index (χ1n) is 4.80. The molecule has 0 saturated carbocycles. The van der Waals surface area contributed by atoms with Crippen LogP contribution in [0.2, 0.25) is 0 Å². The maximum Gasteiger partial charge on any atom is 0.0990 e. The Hall–Kier alpha value is -0.590. The van der Waals surface area contributed by atoms with Gasteiger partial charge in [-0.2, -0.15) is 5.26 Å². The number of hydrogen-bond acceptors (Lipinski definition) is 3. The van der Waals surface area contributed by atoms with Crippen LogP contribution < -0.4 is 5.32 Å². The molecule has 0 bridgehead atoms. The summed E-state index contributed by atoms with van der Waals surface area (Å²) in [5.41, 5.74) is 0. The highest BCUT2D eigenvalue weighted by atomic mass is 15.3. The Kier molecular flexibility index (Phi) is 2.29. The van der Waals surface area contributed by atoms with Gasteiger partial charge in [0.1, 0.15) is 0 Å². The monoisotopic (exact) mass is 165 g/mol. The van der Waals surface area contributed by atoms with Gasteiger partial charge < -0.3 is 5.32 Å². The summed E-state index contributed by atoms with van der Waals surface area (Å²) in [6, 6.07) is 2.56. The number of hydrogen-bond donors (Lipinski definition) is 1. The van der Waals surface area contributed by atoms with Gasteiger partial charge in [-0.3, -0.25) is 4.90 Å². The molecule has 12 heavy (non-hydrogen) atoms. The van der Waals surface area contributed by atoms with Crippen molar-refractivity contribution in [2.75, 3.05) is 13.1 Å². The Balaban J connectivity index is 1.97. The highest BCUT2D eigenvalue weighted by Crippen LogP contribution is 2.22. The van der Waals surface area contributed by atoms with Gasteiger partial charge in [-0.15, -0.1) is 0 Å². The predicted octanol–water partition coefficient (Wildman–Crippen LogP) is 0.684. The largest absolute Gasteiger partial charge is 0.302 e. The van der Waals surface area contributed by atoms with Gasteiger partial charge in [0, 0.05) is 6.54 Å². The lowest BCUT2D eigenvalue weighted by molar-refractivity contribution is 0.194. The summed E-state index contributed by atoms with van der Waals surface area (Å²) in [6.07, 6.45) is 5.24. The average molecular weight is 165 g/mol. The molecule has 2 heterocycles. The maximum atomic E-state index is 8.88. The van der Waals surface area contributed by atoms with Crippen LogP contribution in [0.4, 0.5) is 0 Å². The molecule has 3 heteroatoms. The van der Waals surface area contributed by atoms with Gasteiger partial charge in [-0.25, -0.2) is 0 Å². The lowest BCUT2D eigenvalue weighted by Gasteiger charge is -2.26. The first-order chi connectivity index (χ1) is 5.92. The van der Waals surface area contributed by atoms with E-state index >= 15 is 0 Å². The minimum atomic E-state index is 0.181. The van der Waals surface area contributed by atoms with Crippen LogP contribution in [-0.4, -0.2) is 30.2 Å². The number of nitriles is 1. The van der Waals surface area contributed by atoms with E-state index in [1.54, 1.807) is 0 Å². The second-order valence-corrected chi connectivity index (χ2v) is 3.64. The van der Waals surface area contributed by atoms with Gasteiger partial charge in [-0.05, 0) is 32.2 Å². The molecule has 0 aromatic rings. The van der Waals surface area contributed by atoms with E-state index in [4.69, 9.17) is 5.26 Å². The van der Waals surface area contributed by atoms with Crippen molar-refractivity contribution >= 4 is 0 Å². The Bertz CT molecular complexity index is 190. The van der Waals surface area contributed by atoms with E-state index in [2.05, 4.69) is 16.3 Å².